The topological polar surface area (TPSA) is 42.4 Å². The van der Waals surface area contributed by atoms with Crippen molar-refractivity contribution in [3.63, 3.8) is 0 Å². The Bertz CT molecular complexity index is 289. The maximum atomic E-state index is 5.91. The Morgan fingerprint density at radius 1 is 1.38 bits per heavy atom. The molecule has 0 bridgehead atoms. The van der Waals surface area contributed by atoms with Crippen LogP contribution in [0.2, 0.25) is 0 Å². The van der Waals surface area contributed by atoms with E-state index in [0.717, 1.165) is 24.8 Å². The Labute approximate surface area is 97.6 Å². The normalized spacial score (nSPS) is 26.2. The van der Waals surface area contributed by atoms with Gasteiger partial charge in [-0.1, -0.05) is 0 Å². The van der Waals surface area contributed by atoms with Gasteiger partial charge in [0.25, 0.3) is 0 Å². The Kier molecular flexibility index (Phi) is 4.02. The smallest absolute Gasteiger partial charge is 0.117 e. The van der Waals surface area contributed by atoms with E-state index in [-0.39, 0.29) is 0 Å². The van der Waals surface area contributed by atoms with Crippen LogP contribution in [-0.4, -0.2) is 24.5 Å². The Hall–Kier alpha value is -0.800. The quantitative estimate of drug-likeness (QED) is 0.849. The van der Waals surface area contributed by atoms with Gasteiger partial charge in [-0.2, -0.15) is 0 Å². The van der Waals surface area contributed by atoms with Crippen molar-refractivity contribution < 1.29 is 4.42 Å². The van der Waals surface area contributed by atoms with Gasteiger partial charge < -0.3 is 10.2 Å². The fourth-order valence-corrected chi connectivity index (χ4v) is 2.54. The number of furan rings is 1. The van der Waals surface area contributed by atoms with Crippen LogP contribution in [0.1, 0.15) is 31.4 Å². The highest BCUT2D eigenvalue weighted by molar-refractivity contribution is 4.97. The second-order valence-electron chi connectivity index (χ2n) is 5.06. The molecule has 0 unspecified atom stereocenters. The number of hydrogen-bond acceptors (Lipinski definition) is 3. The molecule has 1 aliphatic carbocycles. The van der Waals surface area contributed by atoms with Crippen LogP contribution >= 0.6 is 0 Å². The maximum absolute atomic E-state index is 5.91. The fourth-order valence-electron chi connectivity index (χ4n) is 2.54. The molecule has 0 saturated heterocycles. The molecule has 0 atom stereocenters. The third-order valence-corrected chi connectivity index (χ3v) is 3.47. The van der Waals surface area contributed by atoms with Crippen molar-refractivity contribution in [2.24, 2.45) is 11.7 Å². The second-order valence-corrected chi connectivity index (χ2v) is 5.06. The summed E-state index contributed by atoms with van der Waals surface area (Å²) >= 11 is 0. The van der Waals surface area contributed by atoms with Gasteiger partial charge in [0, 0.05) is 12.6 Å². The molecule has 1 aromatic rings. The molecule has 2 rings (SSSR count). The molecule has 1 saturated carbocycles. The average Bonchev–Trinajstić information content (AvgIpc) is 2.74. The minimum Gasteiger partial charge on any atom is -0.468 e. The minimum atomic E-state index is 0.451. The molecule has 1 aliphatic rings. The molecule has 0 aromatic carbocycles. The SMILES string of the molecule is CN(Cc1ccco1)CC1CCC(N)CC1. The number of nitrogens with two attached hydrogens (primary N) is 1. The Balaban J connectivity index is 1.72. The monoisotopic (exact) mass is 222 g/mol. The van der Waals surface area contributed by atoms with E-state index in [9.17, 15) is 0 Å². The summed E-state index contributed by atoms with van der Waals surface area (Å²) in [6.07, 6.45) is 6.69. The van der Waals surface area contributed by atoms with Crippen molar-refractivity contribution >= 4 is 0 Å². The first-order chi connectivity index (χ1) is 7.74. The molecule has 3 nitrogen and oxygen atoms in total. The van der Waals surface area contributed by atoms with E-state index in [1.807, 2.05) is 12.1 Å². The van der Waals surface area contributed by atoms with Crippen LogP contribution < -0.4 is 5.73 Å². The highest BCUT2D eigenvalue weighted by Crippen LogP contribution is 2.24. The van der Waals surface area contributed by atoms with Gasteiger partial charge in [-0.15, -0.1) is 0 Å². The Morgan fingerprint density at radius 3 is 2.75 bits per heavy atom. The predicted octanol–water partition coefficient (Wildman–Crippen LogP) is 2.23. The lowest BCUT2D eigenvalue weighted by molar-refractivity contribution is 0.208. The molecule has 0 spiro atoms. The molecular weight excluding hydrogens is 200 g/mol. The van der Waals surface area contributed by atoms with Gasteiger partial charge in [0.1, 0.15) is 5.76 Å². The highest BCUT2D eigenvalue weighted by Gasteiger charge is 2.19. The zero-order chi connectivity index (χ0) is 11.4. The standard InChI is InChI=1S/C13H22N2O/c1-15(10-13-3-2-8-16-13)9-11-4-6-12(14)7-5-11/h2-3,8,11-12H,4-7,9-10,14H2,1H3. The van der Waals surface area contributed by atoms with Crippen molar-refractivity contribution in [1.29, 1.82) is 0 Å². The molecule has 2 N–H and O–H groups in total. The first-order valence-electron chi connectivity index (χ1n) is 6.20. The third kappa shape index (κ3) is 3.35. The van der Waals surface area contributed by atoms with E-state index in [4.69, 9.17) is 10.2 Å². The van der Waals surface area contributed by atoms with Crippen LogP contribution in [0, 0.1) is 5.92 Å². The maximum Gasteiger partial charge on any atom is 0.117 e. The van der Waals surface area contributed by atoms with Gasteiger partial charge in [-0.25, -0.2) is 0 Å². The van der Waals surface area contributed by atoms with Crippen LogP contribution in [0.5, 0.6) is 0 Å². The highest BCUT2D eigenvalue weighted by atomic mass is 16.3. The molecule has 0 amide bonds. The molecule has 0 aliphatic heterocycles. The van der Waals surface area contributed by atoms with Crippen molar-refractivity contribution in [3.05, 3.63) is 24.2 Å². The number of rotatable bonds is 4. The summed E-state index contributed by atoms with van der Waals surface area (Å²) in [5, 5.41) is 0. The zero-order valence-corrected chi connectivity index (χ0v) is 10.1. The van der Waals surface area contributed by atoms with Crippen LogP contribution in [0.3, 0.4) is 0 Å². The molecule has 3 heteroatoms. The van der Waals surface area contributed by atoms with Crippen LogP contribution in [0.4, 0.5) is 0 Å². The summed E-state index contributed by atoms with van der Waals surface area (Å²) in [7, 11) is 2.16. The van der Waals surface area contributed by atoms with Crippen molar-refractivity contribution in [2.75, 3.05) is 13.6 Å². The second kappa shape index (κ2) is 5.51. The van der Waals surface area contributed by atoms with Crippen LogP contribution in [0.25, 0.3) is 0 Å². The lowest BCUT2D eigenvalue weighted by atomic mass is 9.86. The lowest BCUT2D eigenvalue weighted by Crippen LogP contribution is -2.32. The summed E-state index contributed by atoms with van der Waals surface area (Å²) < 4.78 is 5.35. The average molecular weight is 222 g/mol. The van der Waals surface area contributed by atoms with E-state index in [0.29, 0.717) is 6.04 Å². The largest absolute Gasteiger partial charge is 0.468 e. The summed E-state index contributed by atoms with van der Waals surface area (Å²) in [5.74, 6) is 1.87. The Morgan fingerprint density at radius 2 is 2.12 bits per heavy atom. The van der Waals surface area contributed by atoms with Crippen molar-refractivity contribution in [2.45, 2.75) is 38.3 Å². The summed E-state index contributed by atoms with van der Waals surface area (Å²) in [6.45, 7) is 2.07. The molecule has 0 radical (unpaired) electrons. The number of hydrogen-bond donors (Lipinski definition) is 1. The third-order valence-electron chi connectivity index (χ3n) is 3.47. The number of nitrogens with zero attached hydrogens (tertiary/aromatic N) is 1. The van der Waals surface area contributed by atoms with E-state index in [2.05, 4.69) is 11.9 Å². The first kappa shape index (κ1) is 11.7. The van der Waals surface area contributed by atoms with Crippen LogP contribution in [-0.2, 0) is 6.54 Å². The molecule has 16 heavy (non-hydrogen) atoms. The van der Waals surface area contributed by atoms with E-state index in [1.165, 1.54) is 25.7 Å². The van der Waals surface area contributed by atoms with E-state index < -0.39 is 0 Å². The van der Waals surface area contributed by atoms with E-state index >= 15 is 0 Å². The molecule has 1 heterocycles. The van der Waals surface area contributed by atoms with Gasteiger partial charge in [0.2, 0.25) is 0 Å². The van der Waals surface area contributed by atoms with Gasteiger partial charge in [-0.05, 0) is 50.8 Å². The van der Waals surface area contributed by atoms with Gasteiger partial charge in [0.15, 0.2) is 0 Å². The minimum absolute atomic E-state index is 0.451. The van der Waals surface area contributed by atoms with Gasteiger partial charge >= 0.3 is 0 Å². The van der Waals surface area contributed by atoms with Gasteiger partial charge in [0.05, 0.1) is 12.8 Å². The van der Waals surface area contributed by atoms with Crippen molar-refractivity contribution in [3.8, 4) is 0 Å². The zero-order valence-electron chi connectivity index (χ0n) is 10.1. The predicted molar refractivity (Wildman–Crippen MR) is 65.0 cm³/mol. The summed E-state index contributed by atoms with van der Waals surface area (Å²) in [5.41, 5.74) is 5.91. The van der Waals surface area contributed by atoms with Crippen molar-refractivity contribution in [1.82, 2.24) is 4.90 Å². The fraction of sp³-hybridized carbons (Fsp3) is 0.692. The molecular formula is C13H22N2O. The van der Waals surface area contributed by atoms with Gasteiger partial charge in [-0.3, -0.25) is 4.90 Å². The van der Waals surface area contributed by atoms with Crippen LogP contribution in [0.15, 0.2) is 22.8 Å². The molecule has 1 fully saturated rings. The first-order valence-corrected chi connectivity index (χ1v) is 6.20. The van der Waals surface area contributed by atoms with E-state index in [1.54, 1.807) is 6.26 Å². The lowest BCUT2D eigenvalue weighted by Gasteiger charge is -2.29. The summed E-state index contributed by atoms with van der Waals surface area (Å²) in [6, 6.07) is 4.43. The summed E-state index contributed by atoms with van der Waals surface area (Å²) in [4.78, 5) is 2.35. The molecule has 1 aromatic heterocycles. The molecule has 90 valence electrons.